The number of aryl methyl sites for hydroxylation is 1. The van der Waals surface area contributed by atoms with Gasteiger partial charge in [-0.1, -0.05) is 11.6 Å². The minimum absolute atomic E-state index is 0.0854. The van der Waals surface area contributed by atoms with Crippen molar-refractivity contribution in [2.24, 2.45) is 7.05 Å². The van der Waals surface area contributed by atoms with E-state index in [4.69, 9.17) is 11.6 Å². The van der Waals surface area contributed by atoms with Gasteiger partial charge in [-0.25, -0.2) is 0 Å². The standard InChI is InChI=1S/C15H19ClN4O/c1-10(11-8-17-20(4)9-11)18-12-5-6-14(16)13(7-12)15(21)19(2)3/h5-10,18H,1-4H3. The summed E-state index contributed by atoms with van der Waals surface area (Å²) in [7, 11) is 5.29. The van der Waals surface area contributed by atoms with E-state index in [-0.39, 0.29) is 11.9 Å². The maximum atomic E-state index is 12.1. The highest BCUT2D eigenvalue weighted by atomic mass is 35.5. The highest BCUT2D eigenvalue weighted by Crippen LogP contribution is 2.24. The normalized spacial score (nSPS) is 12.0. The number of nitrogens with one attached hydrogen (secondary N) is 1. The monoisotopic (exact) mass is 306 g/mol. The smallest absolute Gasteiger partial charge is 0.254 e. The quantitative estimate of drug-likeness (QED) is 0.945. The summed E-state index contributed by atoms with van der Waals surface area (Å²) in [5, 5.41) is 7.96. The first-order valence-electron chi connectivity index (χ1n) is 6.64. The van der Waals surface area contributed by atoms with E-state index in [0.717, 1.165) is 11.3 Å². The molecule has 112 valence electrons. The topological polar surface area (TPSA) is 50.2 Å². The number of rotatable bonds is 4. The third-order valence-corrected chi connectivity index (χ3v) is 3.54. The Hall–Kier alpha value is -2.01. The van der Waals surface area contributed by atoms with Crippen molar-refractivity contribution in [1.82, 2.24) is 14.7 Å². The highest BCUT2D eigenvalue weighted by Gasteiger charge is 2.14. The minimum Gasteiger partial charge on any atom is -0.378 e. The van der Waals surface area contributed by atoms with Crippen LogP contribution in [0.4, 0.5) is 5.69 Å². The van der Waals surface area contributed by atoms with E-state index < -0.39 is 0 Å². The fourth-order valence-corrected chi connectivity index (χ4v) is 2.22. The van der Waals surface area contributed by atoms with Gasteiger partial charge < -0.3 is 10.2 Å². The number of nitrogens with zero attached hydrogens (tertiary/aromatic N) is 3. The first kappa shape index (κ1) is 15.4. The fourth-order valence-electron chi connectivity index (χ4n) is 2.02. The third-order valence-electron chi connectivity index (χ3n) is 3.21. The van der Waals surface area contributed by atoms with E-state index in [1.807, 2.05) is 32.4 Å². The number of carbonyl (C=O) groups excluding carboxylic acids is 1. The number of carbonyl (C=O) groups is 1. The average Bonchev–Trinajstić information content (AvgIpc) is 2.86. The van der Waals surface area contributed by atoms with Crippen molar-refractivity contribution in [3.63, 3.8) is 0 Å². The van der Waals surface area contributed by atoms with Crippen LogP contribution in [0.25, 0.3) is 0 Å². The summed E-state index contributed by atoms with van der Waals surface area (Å²) in [6.45, 7) is 2.04. The molecule has 0 bridgehead atoms. The van der Waals surface area contributed by atoms with E-state index in [9.17, 15) is 4.79 Å². The molecule has 0 saturated heterocycles. The van der Waals surface area contributed by atoms with Gasteiger partial charge in [0.1, 0.15) is 0 Å². The Balaban J connectivity index is 2.21. The Morgan fingerprint density at radius 3 is 2.71 bits per heavy atom. The molecular weight excluding hydrogens is 288 g/mol. The lowest BCUT2D eigenvalue weighted by molar-refractivity contribution is 0.0828. The second-order valence-electron chi connectivity index (χ2n) is 5.21. The van der Waals surface area contributed by atoms with Crippen molar-refractivity contribution in [3.8, 4) is 0 Å². The highest BCUT2D eigenvalue weighted by molar-refractivity contribution is 6.34. The van der Waals surface area contributed by atoms with E-state index in [2.05, 4.69) is 10.4 Å². The molecule has 1 aromatic heterocycles. The molecule has 1 heterocycles. The van der Waals surface area contributed by atoms with Gasteiger partial charge in [-0.2, -0.15) is 5.10 Å². The van der Waals surface area contributed by atoms with Crippen LogP contribution in [0.5, 0.6) is 0 Å². The summed E-state index contributed by atoms with van der Waals surface area (Å²) in [5.41, 5.74) is 2.42. The number of halogens is 1. The maximum Gasteiger partial charge on any atom is 0.254 e. The van der Waals surface area contributed by atoms with Crippen molar-refractivity contribution in [3.05, 3.63) is 46.7 Å². The Morgan fingerprint density at radius 1 is 1.43 bits per heavy atom. The number of hydrogen-bond donors (Lipinski definition) is 1. The lowest BCUT2D eigenvalue weighted by atomic mass is 10.1. The molecule has 1 N–H and O–H groups in total. The molecule has 1 aromatic carbocycles. The molecule has 2 aromatic rings. The molecule has 21 heavy (non-hydrogen) atoms. The van der Waals surface area contributed by atoms with Crippen LogP contribution < -0.4 is 5.32 Å². The van der Waals surface area contributed by atoms with E-state index in [1.165, 1.54) is 4.90 Å². The zero-order chi connectivity index (χ0) is 15.6. The minimum atomic E-state index is -0.113. The lowest BCUT2D eigenvalue weighted by Gasteiger charge is -2.16. The summed E-state index contributed by atoms with van der Waals surface area (Å²) < 4.78 is 1.76. The summed E-state index contributed by atoms with van der Waals surface area (Å²) in [6, 6.07) is 5.46. The molecular formula is C15H19ClN4O. The predicted molar refractivity (Wildman–Crippen MR) is 84.7 cm³/mol. The summed E-state index contributed by atoms with van der Waals surface area (Å²) in [6.07, 6.45) is 3.78. The van der Waals surface area contributed by atoms with Gasteiger partial charge in [0, 0.05) is 38.6 Å². The zero-order valence-corrected chi connectivity index (χ0v) is 13.3. The van der Waals surface area contributed by atoms with Gasteiger partial charge in [0.15, 0.2) is 0 Å². The molecule has 0 spiro atoms. The van der Waals surface area contributed by atoms with Gasteiger partial charge in [-0.05, 0) is 25.1 Å². The van der Waals surface area contributed by atoms with Crippen LogP contribution in [0.3, 0.4) is 0 Å². The largest absolute Gasteiger partial charge is 0.378 e. The molecule has 5 nitrogen and oxygen atoms in total. The van der Waals surface area contributed by atoms with Crippen LogP contribution in [-0.2, 0) is 7.05 Å². The Labute approximate surface area is 129 Å². The molecule has 1 atom stereocenters. The molecule has 0 radical (unpaired) electrons. The van der Waals surface area contributed by atoms with Crippen LogP contribution in [0.2, 0.25) is 5.02 Å². The van der Waals surface area contributed by atoms with Crippen LogP contribution >= 0.6 is 11.6 Å². The number of amides is 1. The number of anilines is 1. The van der Waals surface area contributed by atoms with E-state index in [1.54, 1.807) is 30.9 Å². The summed E-state index contributed by atoms with van der Waals surface area (Å²) in [4.78, 5) is 13.6. The zero-order valence-electron chi connectivity index (χ0n) is 12.6. The molecule has 0 aliphatic rings. The lowest BCUT2D eigenvalue weighted by Crippen LogP contribution is -2.22. The van der Waals surface area contributed by atoms with Crippen molar-refractivity contribution in [1.29, 1.82) is 0 Å². The van der Waals surface area contributed by atoms with Gasteiger partial charge in [0.2, 0.25) is 0 Å². The van der Waals surface area contributed by atoms with Gasteiger partial charge >= 0.3 is 0 Å². The van der Waals surface area contributed by atoms with Crippen LogP contribution in [0, 0.1) is 0 Å². The van der Waals surface area contributed by atoms with Crippen molar-refractivity contribution in [2.75, 3.05) is 19.4 Å². The summed E-state index contributed by atoms with van der Waals surface area (Å²) >= 11 is 6.10. The van der Waals surface area contributed by atoms with Gasteiger partial charge in [0.05, 0.1) is 22.8 Å². The maximum absolute atomic E-state index is 12.1. The fraction of sp³-hybridized carbons (Fsp3) is 0.333. The third kappa shape index (κ3) is 3.55. The molecule has 6 heteroatoms. The van der Waals surface area contributed by atoms with Gasteiger partial charge in [0.25, 0.3) is 5.91 Å². The molecule has 1 amide bonds. The van der Waals surface area contributed by atoms with Gasteiger partial charge in [-0.3, -0.25) is 9.48 Å². The second-order valence-corrected chi connectivity index (χ2v) is 5.61. The van der Waals surface area contributed by atoms with E-state index >= 15 is 0 Å². The molecule has 0 fully saturated rings. The molecule has 0 aliphatic carbocycles. The first-order chi connectivity index (χ1) is 9.88. The van der Waals surface area contributed by atoms with Crippen LogP contribution in [-0.4, -0.2) is 34.7 Å². The molecule has 0 saturated carbocycles. The number of aromatic nitrogens is 2. The Morgan fingerprint density at radius 2 is 2.14 bits per heavy atom. The SMILES string of the molecule is CC(Nc1ccc(Cl)c(C(=O)N(C)C)c1)c1cnn(C)c1. The Bertz CT molecular complexity index is 651. The first-order valence-corrected chi connectivity index (χ1v) is 7.02. The Kier molecular flexibility index (Phi) is 4.53. The second kappa shape index (κ2) is 6.18. The summed E-state index contributed by atoms with van der Waals surface area (Å²) in [5.74, 6) is -0.113. The average molecular weight is 307 g/mol. The number of benzene rings is 1. The van der Waals surface area contributed by atoms with Crippen molar-refractivity contribution < 1.29 is 4.79 Å². The van der Waals surface area contributed by atoms with Gasteiger partial charge in [-0.15, -0.1) is 0 Å². The molecule has 2 rings (SSSR count). The van der Waals surface area contributed by atoms with E-state index in [0.29, 0.717) is 10.6 Å². The van der Waals surface area contributed by atoms with Crippen molar-refractivity contribution >= 4 is 23.2 Å². The number of hydrogen-bond acceptors (Lipinski definition) is 3. The molecule has 1 unspecified atom stereocenters. The van der Waals surface area contributed by atoms with Crippen molar-refractivity contribution in [2.45, 2.75) is 13.0 Å². The predicted octanol–water partition coefficient (Wildman–Crippen LogP) is 2.95. The van der Waals surface area contributed by atoms with Crippen LogP contribution in [0.15, 0.2) is 30.6 Å². The van der Waals surface area contributed by atoms with Crippen LogP contribution in [0.1, 0.15) is 28.9 Å². The molecule has 0 aliphatic heterocycles.